The Hall–Kier alpha value is -0.770. The van der Waals surface area contributed by atoms with Crippen molar-refractivity contribution in [3.63, 3.8) is 0 Å². The van der Waals surface area contributed by atoms with E-state index in [1.165, 1.54) is 16.2 Å². The van der Waals surface area contributed by atoms with Crippen LogP contribution < -0.4 is 5.32 Å². The zero-order chi connectivity index (χ0) is 12.6. The van der Waals surface area contributed by atoms with Gasteiger partial charge in [0.15, 0.2) is 0 Å². The van der Waals surface area contributed by atoms with Crippen LogP contribution in [0.15, 0.2) is 41.8 Å². The molecule has 2 nitrogen and oxygen atoms in total. The molecule has 1 aromatic rings. The largest absolute Gasteiger partial charge is 0.380 e. The van der Waals surface area contributed by atoms with Gasteiger partial charge >= 0.3 is 0 Å². The molecule has 0 spiro atoms. The second kappa shape index (κ2) is 7.62. The highest BCUT2D eigenvalue weighted by molar-refractivity contribution is 7.99. The van der Waals surface area contributed by atoms with Crippen molar-refractivity contribution in [3.8, 4) is 0 Å². The molecule has 1 unspecified atom stereocenters. The highest BCUT2D eigenvalue weighted by atomic mass is 32.2. The predicted molar refractivity (Wildman–Crippen MR) is 78.4 cm³/mol. The lowest BCUT2D eigenvalue weighted by Gasteiger charge is -2.12. The fourth-order valence-electron chi connectivity index (χ4n) is 2.09. The Bertz CT molecular complexity index is 381. The molecule has 0 radical (unpaired) electrons. The van der Waals surface area contributed by atoms with E-state index in [1.54, 1.807) is 0 Å². The quantitative estimate of drug-likeness (QED) is 0.575. The fraction of sp³-hybridized carbons (Fsp3) is 0.467. The van der Waals surface area contributed by atoms with E-state index >= 15 is 0 Å². The summed E-state index contributed by atoms with van der Waals surface area (Å²) >= 11 is 1.97. The van der Waals surface area contributed by atoms with Gasteiger partial charge in [0.2, 0.25) is 0 Å². The molecule has 1 aromatic carbocycles. The SMILES string of the molecule is C=CCCOCCNCC1CSc2ccccc21. The minimum atomic E-state index is 0.652. The van der Waals surface area contributed by atoms with Gasteiger partial charge in [-0.3, -0.25) is 0 Å². The third kappa shape index (κ3) is 3.87. The van der Waals surface area contributed by atoms with Crippen LogP contribution in [-0.2, 0) is 4.74 Å². The summed E-state index contributed by atoms with van der Waals surface area (Å²) in [6, 6.07) is 8.73. The molecule has 0 amide bonds. The smallest absolute Gasteiger partial charge is 0.0591 e. The molecule has 1 aliphatic rings. The maximum atomic E-state index is 5.47. The first-order chi connectivity index (χ1) is 8.92. The molecule has 98 valence electrons. The minimum Gasteiger partial charge on any atom is -0.380 e. The third-order valence-corrected chi connectivity index (χ3v) is 4.33. The number of nitrogens with one attached hydrogen (secondary N) is 1. The van der Waals surface area contributed by atoms with Crippen LogP contribution in [0.2, 0.25) is 0 Å². The monoisotopic (exact) mass is 263 g/mol. The van der Waals surface area contributed by atoms with Crippen LogP contribution in [0.4, 0.5) is 0 Å². The Labute approximate surface area is 114 Å². The zero-order valence-corrected chi connectivity index (χ0v) is 11.5. The highest BCUT2D eigenvalue weighted by Crippen LogP contribution is 2.38. The molecule has 1 atom stereocenters. The number of thioether (sulfide) groups is 1. The molecule has 1 aliphatic heterocycles. The average molecular weight is 263 g/mol. The lowest BCUT2D eigenvalue weighted by molar-refractivity contribution is 0.140. The zero-order valence-electron chi connectivity index (χ0n) is 10.7. The van der Waals surface area contributed by atoms with E-state index < -0.39 is 0 Å². The van der Waals surface area contributed by atoms with Crippen LogP contribution in [0, 0.1) is 0 Å². The van der Waals surface area contributed by atoms with Crippen molar-refractivity contribution >= 4 is 11.8 Å². The standard InChI is InChI=1S/C15H21NOS/c1-2-3-9-17-10-8-16-11-13-12-18-15-7-5-4-6-14(13)15/h2,4-7,13,16H,1,3,8-12H2. The number of fused-ring (bicyclic) bond motifs is 1. The Kier molecular flexibility index (Phi) is 5.78. The molecule has 1 heterocycles. The average Bonchev–Trinajstić information content (AvgIpc) is 2.81. The molecule has 3 heteroatoms. The van der Waals surface area contributed by atoms with Crippen molar-refractivity contribution in [2.45, 2.75) is 17.2 Å². The van der Waals surface area contributed by atoms with Gasteiger partial charge in [-0.15, -0.1) is 18.3 Å². The second-order valence-electron chi connectivity index (χ2n) is 4.44. The Morgan fingerprint density at radius 3 is 3.17 bits per heavy atom. The number of rotatable bonds is 8. The maximum Gasteiger partial charge on any atom is 0.0591 e. The second-order valence-corrected chi connectivity index (χ2v) is 5.50. The summed E-state index contributed by atoms with van der Waals surface area (Å²) in [5.74, 6) is 1.85. The summed E-state index contributed by atoms with van der Waals surface area (Å²) in [5, 5.41) is 3.48. The van der Waals surface area contributed by atoms with Crippen LogP contribution in [0.5, 0.6) is 0 Å². The minimum absolute atomic E-state index is 0.652. The van der Waals surface area contributed by atoms with Gasteiger partial charge in [0, 0.05) is 29.7 Å². The van der Waals surface area contributed by atoms with Crippen molar-refractivity contribution < 1.29 is 4.74 Å². The fourth-order valence-corrected chi connectivity index (χ4v) is 3.34. The molecule has 0 bridgehead atoms. The number of benzene rings is 1. The molecular formula is C15H21NOS. The maximum absolute atomic E-state index is 5.47. The Balaban J connectivity index is 1.62. The van der Waals surface area contributed by atoms with Crippen molar-refractivity contribution in [2.24, 2.45) is 0 Å². The Morgan fingerprint density at radius 1 is 1.39 bits per heavy atom. The predicted octanol–water partition coefficient (Wildman–Crippen LogP) is 3.06. The van der Waals surface area contributed by atoms with Gasteiger partial charge in [0.1, 0.15) is 0 Å². The van der Waals surface area contributed by atoms with Gasteiger partial charge in [-0.1, -0.05) is 24.3 Å². The van der Waals surface area contributed by atoms with E-state index in [2.05, 4.69) is 36.2 Å². The van der Waals surface area contributed by atoms with Crippen molar-refractivity contribution in [1.29, 1.82) is 0 Å². The van der Waals surface area contributed by atoms with Crippen molar-refractivity contribution in [2.75, 3.05) is 32.1 Å². The number of hydrogen-bond donors (Lipinski definition) is 1. The van der Waals surface area contributed by atoms with Gasteiger partial charge in [-0.2, -0.15) is 0 Å². The molecule has 0 saturated heterocycles. The van der Waals surface area contributed by atoms with Gasteiger partial charge in [0.05, 0.1) is 13.2 Å². The third-order valence-electron chi connectivity index (χ3n) is 3.08. The summed E-state index contributed by atoms with van der Waals surface area (Å²) in [6.07, 6.45) is 2.83. The van der Waals surface area contributed by atoms with E-state index in [0.29, 0.717) is 5.92 Å². The number of ether oxygens (including phenoxy) is 1. The van der Waals surface area contributed by atoms with Crippen LogP contribution in [0.3, 0.4) is 0 Å². The van der Waals surface area contributed by atoms with Gasteiger partial charge in [-0.25, -0.2) is 0 Å². The van der Waals surface area contributed by atoms with Crippen molar-refractivity contribution in [3.05, 3.63) is 42.5 Å². The van der Waals surface area contributed by atoms with E-state index in [1.807, 2.05) is 17.8 Å². The lowest BCUT2D eigenvalue weighted by atomic mass is 10.0. The Morgan fingerprint density at radius 2 is 2.28 bits per heavy atom. The van der Waals surface area contributed by atoms with Crippen LogP contribution >= 0.6 is 11.8 Å². The first kappa shape index (κ1) is 13.7. The van der Waals surface area contributed by atoms with E-state index in [-0.39, 0.29) is 0 Å². The van der Waals surface area contributed by atoms with E-state index in [0.717, 1.165) is 32.7 Å². The molecule has 18 heavy (non-hydrogen) atoms. The lowest BCUT2D eigenvalue weighted by Crippen LogP contribution is -2.25. The molecule has 0 aliphatic carbocycles. The summed E-state index contributed by atoms with van der Waals surface area (Å²) in [4.78, 5) is 1.45. The first-order valence-corrected chi connectivity index (χ1v) is 7.51. The summed E-state index contributed by atoms with van der Waals surface area (Å²) in [5.41, 5.74) is 1.50. The summed E-state index contributed by atoms with van der Waals surface area (Å²) in [7, 11) is 0. The molecule has 0 aromatic heterocycles. The van der Waals surface area contributed by atoms with Crippen molar-refractivity contribution in [1.82, 2.24) is 5.32 Å². The molecule has 0 saturated carbocycles. The molecule has 0 fully saturated rings. The molecule has 2 rings (SSSR count). The van der Waals surface area contributed by atoms with E-state index in [4.69, 9.17) is 4.74 Å². The van der Waals surface area contributed by atoms with Gasteiger partial charge in [0.25, 0.3) is 0 Å². The first-order valence-electron chi connectivity index (χ1n) is 6.53. The van der Waals surface area contributed by atoms with Gasteiger partial charge in [-0.05, 0) is 18.1 Å². The normalized spacial score (nSPS) is 17.7. The van der Waals surface area contributed by atoms with Gasteiger partial charge < -0.3 is 10.1 Å². The summed E-state index contributed by atoms with van der Waals surface area (Å²) < 4.78 is 5.47. The van der Waals surface area contributed by atoms with E-state index in [9.17, 15) is 0 Å². The molecule has 1 N–H and O–H groups in total. The van der Waals surface area contributed by atoms with Crippen LogP contribution in [0.25, 0.3) is 0 Å². The topological polar surface area (TPSA) is 21.3 Å². The summed E-state index contributed by atoms with van der Waals surface area (Å²) in [6.45, 7) is 7.22. The highest BCUT2D eigenvalue weighted by Gasteiger charge is 2.21. The molecular weight excluding hydrogens is 242 g/mol. The van der Waals surface area contributed by atoms with Crippen LogP contribution in [-0.4, -0.2) is 32.1 Å². The number of hydrogen-bond acceptors (Lipinski definition) is 3. The van der Waals surface area contributed by atoms with Crippen LogP contribution in [0.1, 0.15) is 17.9 Å².